The molecule has 9 aromatic rings. The molecule has 0 nitrogen and oxygen atoms in total. The Labute approximate surface area is 214 Å². The zero-order chi connectivity index (χ0) is 23.4. The van der Waals surface area contributed by atoms with Crippen molar-refractivity contribution in [2.75, 3.05) is 0 Å². The minimum absolute atomic E-state index is 1.30. The average molecular weight is 491 g/mol. The van der Waals surface area contributed by atoms with Crippen molar-refractivity contribution in [2.24, 2.45) is 0 Å². The molecule has 166 valence electrons. The van der Waals surface area contributed by atoms with Crippen molar-refractivity contribution in [1.82, 2.24) is 0 Å². The van der Waals surface area contributed by atoms with Crippen LogP contribution in [0.2, 0.25) is 0 Å². The van der Waals surface area contributed by atoms with Crippen molar-refractivity contribution in [3.05, 3.63) is 109 Å². The normalized spacial score (nSPS) is 12.4. The van der Waals surface area contributed by atoms with Crippen molar-refractivity contribution < 1.29 is 0 Å². The summed E-state index contributed by atoms with van der Waals surface area (Å²) in [4.78, 5) is 0. The van der Waals surface area contributed by atoms with E-state index in [4.69, 9.17) is 0 Å². The van der Waals surface area contributed by atoms with E-state index in [1.807, 2.05) is 22.7 Å². The highest BCUT2D eigenvalue weighted by atomic mass is 32.1. The molecule has 0 aliphatic rings. The maximum absolute atomic E-state index is 2.41. The molecule has 0 spiro atoms. The molecular weight excluding hydrogens is 473 g/mol. The first kappa shape index (κ1) is 19.2. The summed E-state index contributed by atoms with van der Waals surface area (Å²) in [6, 6.07) is 40.8. The smallest absolute Gasteiger partial charge is 0.0361 e. The Kier molecular flexibility index (Phi) is 3.64. The Morgan fingerprint density at radius 1 is 0.306 bits per heavy atom. The molecule has 0 atom stereocenters. The lowest BCUT2D eigenvalue weighted by Gasteiger charge is -2.18. The van der Waals surface area contributed by atoms with Gasteiger partial charge in [0, 0.05) is 51.1 Å². The Morgan fingerprint density at radius 3 is 1.17 bits per heavy atom. The Morgan fingerprint density at radius 2 is 0.722 bits per heavy atom. The number of hydrogen-bond donors (Lipinski definition) is 0. The molecule has 2 aromatic heterocycles. The fourth-order valence-corrected chi connectivity index (χ4v) is 8.54. The second-order valence-electron chi connectivity index (χ2n) is 9.70. The number of hydrogen-bond acceptors (Lipinski definition) is 2. The Balaban J connectivity index is 1.63. The van der Waals surface area contributed by atoms with Crippen LogP contribution < -0.4 is 0 Å². The van der Waals surface area contributed by atoms with Gasteiger partial charge in [-0.25, -0.2) is 0 Å². The molecule has 0 aliphatic carbocycles. The predicted octanol–water partition coefficient (Wildman–Crippen LogP) is 11.0. The summed E-state index contributed by atoms with van der Waals surface area (Å²) in [5, 5.41) is 16.3. The van der Waals surface area contributed by atoms with Crippen molar-refractivity contribution >= 4 is 106 Å². The lowest BCUT2D eigenvalue weighted by molar-refractivity contribution is 1.81. The lowest BCUT2D eigenvalue weighted by atomic mass is 9.91. The van der Waals surface area contributed by atoms with Crippen LogP contribution in [0.1, 0.15) is 0 Å². The van der Waals surface area contributed by atoms with Gasteiger partial charge in [-0.05, 0) is 68.7 Å². The standard InChI is InChI=1S/C34H18S2/c1-3-9-21-17-29-25(15-19(21)7-1)31-23-11-5-14-28-34(23)32(24-12-6-13-27(35-29)33(24)31)26-16-20-8-2-4-10-22(20)18-30(26)36-28/h1-18H. The van der Waals surface area contributed by atoms with Crippen LogP contribution in [0.5, 0.6) is 0 Å². The van der Waals surface area contributed by atoms with Gasteiger partial charge in [-0.1, -0.05) is 72.8 Å². The molecule has 0 aliphatic heterocycles. The van der Waals surface area contributed by atoms with Gasteiger partial charge in [-0.15, -0.1) is 22.7 Å². The van der Waals surface area contributed by atoms with Gasteiger partial charge in [0.15, 0.2) is 0 Å². The van der Waals surface area contributed by atoms with Gasteiger partial charge < -0.3 is 0 Å². The van der Waals surface area contributed by atoms with Crippen LogP contribution in [-0.2, 0) is 0 Å². The zero-order valence-electron chi connectivity index (χ0n) is 19.2. The summed E-state index contributed by atoms with van der Waals surface area (Å²) in [6.45, 7) is 0. The number of benzene rings is 7. The van der Waals surface area contributed by atoms with Crippen molar-refractivity contribution in [2.45, 2.75) is 0 Å². The first-order valence-corrected chi connectivity index (χ1v) is 13.9. The van der Waals surface area contributed by atoms with E-state index < -0.39 is 0 Å². The van der Waals surface area contributed by atoms with Crippen LogP contribution in [0.15, 0.2) is 109 Å². The van der Waals surface area contributed by atoms with Crippen LogP contribution in [0, 0.1) is 0 Å². The quantitative estimate of drug-likeness (QED) is 0.146. The van der Waals surface area contributed by atoms with Crippen LogP contribution >= 0.6 is 22.7 Å². The molecule has 7 aromatic carbocycles. The van der Waals surface area contributed by atoms with Crippen LogP contribution in [0.25, 0.3) is 83.4 Å². The van der Waals surface area contributed by atoms with Gasteiger partial charge in [0.1, 0.15) is 0 Å². The Bertz CT molecular complexity index is 2200. The SMILES string of the molecule is c1ccc2cc3c(cc2c1)sc1cccc2c1c3c1cccc3sc4cc5ccccc5cc4c2c31. The second kappa shape index (κ2) is 6.82. The molecule has 0 unspecified atom stereocenters. The van der Waals surface area contributed by atoms with E-state index in [-0.39, 0.29) is 0 Å². The van der Waals surface area contributed by atoms with Crippen LogP contribution in [0.3, 0.4) is 0 Å². The third-order valence-electron chi connectivity index (χ3n) is 7.77. The van der Waals surface area contributed by atoms with E-state index in [1.54, 1.807) is 0 Å². The lowest BCUT2D eigenvalue weighted by Crippen LogP contribution is -1.88. The van der Waals surface area contributed by atoms with Gasteiger partial charge in [0.25, 0.3) is 0 Å². The van der Waals surface area contributed by atoms with Crippen LogP contribution in [-0.4, -0.2) is 0 Å². The molecule has 2 heterocycles. The van der Waals surface area contributed by atoms with Crippen LogP contribution in [0.4, 0.5) is 0 Å². The topological polar surface area (TPSA) is 0 Å². The number of fused-ring (bicyclic) bond motifs is 8. The third-order valence-corrected chi connectivity index (χ3v) is 10.0. The van der Waals surface area contributed by atoms with E-state index in [0.717, 1.165) is 0 Å². The predicted molar refractivity (Wildman–Crippen MR) is 162 cm³/mol. The highest BCUT2D eigenvalue weighted by Crippen LogP contribution is 2.49. The monoisotopic (exact) mass is 490 g/mol. The van der Waals surface area contributed by atoms with E-state index in [9.17, 15) is 0 Å². The zero-order valence-corrected chi connectivity index (χ0v) is 20.8. The minimum atomic E-state index is 1.30. The van der Waals surface area contributed by atoms with Gasteiger partial charge in [0.05, 0.1) is 0 Å². The van der Waals surface area contributed by atoms with Gasteiger partial charge in [-0.3, -0.25) is 0 Å². The molecule has 0 saturated carbocycles. The van der Waals surface area contributed by atoms with Crippen molar-refractivity contribution in [3.8, 4) is 0 Å². The molecule has 0 N–H and O–H groups in total. The largest absolute Gasteiger partial charge is 0.135 e. The maximum Gasteiger partial charge on any atom is 0.0361 e. The van der Waals surface area contributed by atoms with Crippen molar-refractivity contribution in [3.63, 3.8) is 0 Å². The van der Waals surface area contributed by atoms with Crippen molar-refractivity contribution in [1.29, 1.82) is 0 Å². The first-order chi connectivity index (χ1) is 17.8. The molecular formula is C34H18S2. The fraction of sp³-hybridized carbons (Fsp3) is 0. The van der Waals surface area contributed by atoms with E-state index >= 15 is 0 Å². The first-order valence-electron chi connectivity index (χ1n) is 12.3. The minimum Gasteiger partial charge on any atom is -0.135 e. The summed E-state index contributed by atoms with van der Waals surface area (Å²) in [5.74, 6) is 0. The fourth-order valence-electron chi connectivity index (χ4n) is 6.23. The molecule has 0 saturated heterocycles. The summed E-state index contributed by atoms with van der Waals surface area (Å²) < 4.78 is 5.41. The second-order valence-corrected chi connectivity index (χ2v) is 11.9. The highest BCUT2D eigenvalue weighted by molar-refractivity contribution is 7.26. The molecule has 36 heavy (non-hydrogen) atoms. The maximum atomic E-state index is 2.41. The summed E-state index contributed by atoms with van der Waals surface area (Å²) in [5.41, 5.74) is 0. The van der Waals surface area contributed by atoms with Gasteiger partial charge in [-0.2, -0.15) is 0 Å². The van der Waals surface area contributed by atoms with Gasteiger partial charge in [0.2, 0.25) is 0 Å². The Hall–Kier alpha value is -3.98. The van der Waals surface area contributed by atoms with E-state index in [2.05, 4.69) is 109 Å². The van der Waals surface area contributed by atoms with E-state index in [1.165, 1.54) is 83.4 Å². The molecule has 9 rings (SSSR count). The molecule has 2 heteroatoms. The third kappa shape index (κ3) is 2.43. The van der Waals surface area contributed by atoms with E-state index in [0.29, 0.717) is 0 Å². The molecule has 0 amide bonds. The molecule has 0 fully saturated rings. The molecule has 0 bridgehead atoms. The van der Waals surface area contributed by atoms with Gasteiger partial charge >= 0.3 is 0 Å². The number of rotatable bonds is 0. The highest BCUT2D eigenvalue weighted by Gasteiger charge is 2.19. The summed E-state index contributed by atoms with van der Waals surface area (Å²) in [6.07, 6.45) is 0. The summed E-state index contributed by atoms with van der Waals surface area (Å²) in [7, 11) is 0. The molecule has 0 radical (unpaired) electrons. The summed E-state index contributed by atoms with van der Waals surface area (Å²) >= 11 is 3.84. The average Bonchev–Trinajstić information content (AvgIpc) is 2.92.